The molecule has 72 valence electrons. The van der Waals surface area contributed by atoms with Crippen LogP contribution in [0.5, 0.6) is 5.75 Å². The predicted molar refractivity (Wildman–Crippen MR) is 44.6 cm³/mol. The number of methoxy groups -OCH3 is 1. The number of rotatable bonds is 2. The molecule has 5 heteroatoms. The highest BCUT2D eigenvalue weighted by Gasteiger charge is 2.15. The predicted octanol–water partition coefficient (Wildman–Crippen LogP) is 1.40. The molecule has 1 N–H and O–H groups in total. The minimum absolute atomic E-state index is 0.0320. The Morgan fingerprint density at radius 3 is 2.71 bits per heavy atom. The molecule has 0 heterocycles. The average Bonchev–Trinajstić information content (AvgIpc) is 2.17. The van der Waals surface area contributed by atoms with Crippen LogP contribution >= 0.6 is 0 Å². The summed E-state index contributed by atoms with van der Waals surface area (Å²) in [5.41, 5.74) is -0.546. The lowest BCUT2D eigenvalue weighted by atomic mass is 10.1. The maximum atomic E-state index is 13.0. The van der Waals surface area contributed by atoms with Crippen LogP contribution in [0.2, 0.25) is 0 Å². The molecule has 0 aliphatic carbocycles. The molecule has 0 saturated carbocycles. The fourth-order valence-corrected chi connectivity index (χ4v) is 0.975. The Balaban J connectivity index is 3.41. The third-order valence-corrected chi connectivity index (χ3v) is 1.64. The van der Waals surface area contributed by atoms with Gasteiger partial charge in [-0.15, -0.1) is 0 Å². The third-order valence-electron chi connectivity index (χ3n) is 1.64. The number of aromatic carboxylic acids is 1. The van der Waals surface area contributed by atoms with Crippen LogP contribution < -0.4 is 4.74 Å². The highest BCUT2D eigenvalue weighted by atomic mass is 19.1. The van der Waals surface area contributed by atoms with Gasteiger partial charge in [0.05, 0.1) is 12.7 Å². The summed E-state index contributed by atoms with van der Waals surface area (Å²) in [6.07, 6.45) is 0. The van der Waals surface area contributed by atoms with Gasteiger partial charge in [-0.25, -0.2) is 9.18 Å². The van der Waals surface area contributed by atoms with Gasteiger partial charge in [0.2, 0.25) is 0 Å². The lowest BCUT2D eigenvalue weighted by Gasteiger charge is -2.05. The van der Waals surface area contributed by atoms with E-state index in [1.54, 1.807) is 6.07 Å². The van der Waals surface area contributed by atoms with E-state index >= 15 is 0 Å². The fourth-order valence-electron chi connectivity index (χ4n) is 0.975. The van der Waals surface area contributed by atoms with Gasteiger partial charge in [0.15, 0.2) is 0 Å². The van der Waals surface area contributed by atoms with E-state index in [9.17, 15) is 9.18 Å². The summed E-state index contributed by atoms with van der Waals surface area (Å²) in [7, 11) is 1.25. The summed E-state index contributed by atoms with van der Waals surface area (Å²) < 4.78 is 17.7. The Bertz CT molecular complexity index is 423. The van der Waals surface area contributed by atoms with Crippen LogP contribution in [0.3, 0.4) is 0 Å². The smallest absolute Gasteiger partial charge is 0.339 e. The number of hydrogen-bond donors (Lipinski definition) is 1. The lowest BCUT2D eigenvalue weighted by Crippen LogP contribution is -2.02. The molecule has 0 amide bonds. The van der Waals surface area contributed by atoms with Gasteiger partial charge in [0.1, 0.15) is 23.2 Å². The van der Waals surface area contributed by atoms with Gasteiger partial charge in [0.25, 0.3) is 0 Å². The zero-order valence-electron chi connectivity index (χ0n) is 7.24. The monoisotopic (exact) mass is 195 g/mol. The zero-order valence-corrected chi connectivity index (χ0v) is 7.24. The van der Waals surface area contributed by atoms with E-state index in [2.05, 4.69) is 0 Å². The van der Waals surface area contributed by atoms with Crippen LogP contribution in [0.15, 0.2) is 12.1 Å². The van der Waals surface area contributed by atoms with Crippen LogP contribution in [-0.2, 0) is 0 Å². The van der Waals surface area contributed by atoms with E-state index < -0.39 is 11.8 Å². The molecule has 0 radical (unpaired) electrons. The van der Waals surface area contributed by atoms with E-state index in [0.717, 1.165) is 12.1 Å². The van der Waals surface area contributed by atoms with Crippen molar-refractivity contribution in [2.75, 3.05) is 7.11 Å². The molecule has 0 aliphatic rings. The van der Waals surface area contributed by atoms with Gasteiger partial charge in [-0.05, 0) is 6.07 Å². The van der Waals surface area contributed by atoms with Crippen molar-refractivity contribution in [1.82, 2.24) is 0 Å². The molecule has 0 aromatic heterocycles. The topological polar surface area (TPSA) is 70.3 Å². The molecule has 1 rings (SSSR count). The minimum atomic E-state index is -1.30. The molecular weight excluding hydrogens is 189 g/mol. The Kier molecular flexibility index (Phi) is 2.67. The molecule has 0 unspecified atom stereocenters. The Morgan fingerprint density at radius 1 is 1.64 bits per heavy atom. The first-order chi connectivity index (χ1) is 6.60. The first-order valence-electron chi connectivity index (χ1n) is 3.61. The van der Waals surface area contributed by atoms with Gasteiger partial charge in [-0.2, -0.15) is 5.26 Å². The normalized spacial score (nSPS) is 9.21. The number of hydrogen-bond acceptors (Lipinski definition) is 3. The molecule has 4 nitrogen and oxygen atoms in total. The number of benzene rings is 1. The van der Waals surface area contributed by atoms with Crippen molar-refractivity contribution >= 4 is 5.97 Å². The summed E-state index contributed by atoms with van der Waals surface area (Å²) in [5, 5.41) is 17.1. The number of carboxylic acid groups (broad SMARTS) is 1. The zero-order chi connectivity index (χ0) is 10.7. The molecule has 1 aromatic carbocycles. The first kappa shape index (κ1) is 9.99. The maximum Gasteiger partial charge on any atom is 0.339 e. The molecule has 0 bridgehead atoms. The minimum Gasteiger partial charge on any atom is -0.496 e. The molecule has 1 aromatic rings. The van der Waals surface area contributed by atoms with Crippen LogP contribution in [-0.4, -0.2) is 18.2 Å². The van der Waals surface area contributed by atoms with Crippen LogP contribution in [0.1, 0.15) is 15.9 Å². The molecule has 0 aliphatic heterocycles. The van der Waals surface area contributed by atoms with Crippen LogP contribution in [0.4, 0.5) is 4.39 Å². The van der Waals surface area contributed by atoms with Gasteiger partial charge in [0, 0.05) is 6.07 Å². The maximum absolute atomic E-state index is 13.0. The molecule has 0 atom stereocenters. The standard InChI is InChI=1S/C9H6FNO3/c1-14-8-2-5(4-11)7(10)3-6(8)9(12)13/h2-3H,1H3,(H,12,13). The lowest BCUT2D eigenvalue weighted by molar-refractivity contribution is 0.0692. The van der Waals surface area contributed by atoms with E-state index in [-0.39, 0.29) is 16.9 Å². The summed E-state index contributed by atoms with van der Waals surface area (Å²) in [4.78, 5) is 10.6. The van der Waals surface area contributed by atoms with E-state index in [1.165, 1.54) is 7.11 Å². The second-order valence-corrected chi connectivity index (χ2v) is 2.45. The van der Waals surface area contributed by atoms with Crippen LogP contribution in [0, 0.1) is 17.1 Å². The highest BCUT2D eigenvalue weighted by molar-refractivity contribution is 5.91. The van der Waals surface area contributed by atoms with Crippen molar-refractivity contribution in [1.29, 1.82) is 5.26 Å². The van der Waals surface area contributed by atoms with Gasteiger partial charge in [-0.3, -0.25) is 0 Å². The second-order valence-electron chi connectivity index (χ2n) is 2.45. The first-order valence-corrected chi connectivity index (χ1v) is 3.61. The Morgan fingerprint density at radius 2 is 2.29 bits per heavy atom. The Labute approximate surface area is 79.2 Å². The van der Waals surface area contributed by atoms with Gasteiger partial charge in [-0.1, -0.05) is 0 Å². The van der Waals surface area contributed by atoms with Crippen molar-refractivity contribution in [2.45, 2.75) is 0 Å². The summed E-state index contributed by atoms with van der Waals surface area (Å²) in [6.45, 7) is 0. The van der Waals surface area contributed by atoms with Crippen molar-refractivity contribution in [3.63, 3.8) is 0 Å². The Hall–Kier alpha value is -2.09. The van der Waals surface area contributed by atoms with Crippen molar-refractivity contribution in [2.24, 2.45) is 0 Å². The largest absolute Gasteiger partial charge is 0.496 e. The van der Waals surface area contributed by atoms with Crippen molar-refractivity contribution < 1.29 is 19.0 Å². The van der Waals surface area contributed by atoms with Gasteiger partial charge < -0.3 is 9.84 Å². The average molecular weight is 195 g/mol. The number of halogens is 1. The number of carbonyl (C=O) groups is 1. The summed E-state index contributed by atoms with van der Waals surface area (Å²) in [6, 6.07) is 3.41. The molecular formula is C9H6FNO3. The molecule has 0 saturated heterocycles. The summed E-state index contributed by atoms with van der Waals surface area (Å²) in [5.74, 6) is -2.20. The van der Waals surface area contributed by atoms with Crippen molar-refractivity contribution in [3.8, 4) is 11.8 Å². The van der Waals surface area contributed by atoms with E-state index in [1.807, 2.05) is 0 Å². The SMILES string of the molecule is COc1cc(C#N)c(F)cc1C(=O)O. The van der Waals surface area contributed by atoms with E-state index in [0.29, 0.717) is 0 Å². The van der Waals surface area contributed by atoms with Gasteiger partial charge >= 0.3 is 5.97 Å². The number of nitrogens with zero attached hydrogens (tertiary/aromatic N) is 1. The molecule has 0 spiro atoms. The molecule has 14 heavy (non-hydrogen) atoms. The number of carboxylic acids is 1. The molecule has 0 fully saturated rings. The number of ether oxygens (including phenoxy) is 1. The summed E-state index contributed by atoms with van der Waals surface area (Å²) >= 11 is 0. The van der Waals surface area contributed by atoms with Crippen LogP contribution in [0.25, 0.3) is 0 Å². The third kappa shape index (κ3) is 1.64. The number of nitriles is 1. The van der Waals surface area contributed by atoms with E-state index in [4.69, 9.17) is 15.1 Å². The second kappa shape index (κ2) is 3.75. The highest BCUT2D eigenvalue weighted by Crippen LogP contribution is 2.22. The van der Waals surface area contributed by atoms with Crippen molar-refractivity contribution in [3.05, 3.63) is 29.1 Å². The quantitative estimate of drug-likeness (QED) is 0.774. The fraction of sp³-hybridized carbons (Fsp3) is 0.111.